The molecule has 3 rings (SSSR count). The van der Waals surface area contributed by atoms with Crippen molar-refractivity contribution >= 4 is 44.9 Å². The van der Waals surface area contributed by atoms with Crippen LogP contribution in [0.15, 0.2) is 30.6 Å². The van der Waals surface area contributed by atoms with Crippen LogP contribution in [0.4, 0.5) is 11.4 Å². The van der Waals surface area contributed by atoms with Gasteiger partial charge in [0.1, 0.15) is 15.2 Å². The van der Waals surface area contributed by atoms with Gasteiger partial charge in [-0.1, -0.05) is 6.07 Å². The van der Waals surface area contributed by atoms with Gasteiger partial charge in [-0.05, 0) is 24.6 Å². The Morgan fingerprint density at radius 3 is 2.71 bits per heavy atom. The number of hydrogen-bond donors (Lipinski definition) is 2. The van der Waals surface area contributed by atoms with Crippen LogP contribution in [-0.2, 0) is 4.74 Å². The molecule has 0 aliphatic heterocycles. The number of nitrogen functional groups attached to an aromatic ring is 1. The van der Waals surface area contributed by atoms with E-state index in [1.165, 1.54) is 24.6 Å². The number of ether oxygens (including phenoxy) is 1. The van der Waals surface area contributed by atoms with Crippen LogP contribution in [0.25, 0.3) is 10.3 Å². The number of nitrogens with one attached hydrogen (secondary N) is 1. The van der Waals surface area contributed by atoms with Gasteiger partial charge >= 0.3 is 5.97 Å². The zero-order valence-corrected chi connectivity index (χ0v) is 13.8. The van der Waals surface area contributed by atoms with Crippen LogP contribution >= 0.6 is 11.3 Å². The number of esters is 1. The smallest absolute Gasteiger partial charge is 0.337 e. The van der Waals surface area contributed by atoms with Gasteiger partial charge < -0.3 is 15.8 Å². The maximum absolute atomic E-state index is 12.6. The summed E-state index contributed by atoms with van der Waals surface area (Å²) in [4.78, 5) is 33.4. The molecule has 0 aliphatic carbocycles. The molecule has 0 bridgehead atoms. The Morgan fingerprint density at radius 2 is 2.00 bits per heavy atom. The number of nitrogens with zero attached hydrogens (tertiary/aromatic N) is 2. The molecule has 2 aromatic heterocycles. The maximum atomic E-state index is 12.6. The number of benzene rings is 1. The number of methoxy groups -OCH3 is 1. The van der Waals surface area contributed by atoms with Gasteiger partial charge in [-0.15, -0.1) is 11.3 Å². The van der Waals surface area contributed by atoms with Crippen molar-refractivity contribution in [1.29, 1.82) is 0 Å². The number of carbonyl (C=O) groups excluding carboxylic acids is 2. The molecule has 1 aromatic carbocycles. The number of rotatable bonds is 3. The highest BCUT2D eigenvalue weighted by Crippen LogP contribution is 2.31. The number of aryl methyl sites for hydroxylation is 1. The number of fused-ring (bicyclic) bond motifs is 1. The molecule has 8 heteroatoms. The number of anilines is 2. The van der Waals surface area contributed by atoms with Crippen LogP contribution in [-0.4, -0.2) is 29.0 Å². The first-order valence-corrected chi connectivity index (χ1v) is 7.82. The quantitative estimate of drug-likeness (QED) is 0.709. The standard InChI is InChI=1S/C16H14N4O3S/c1-8-3-4-9(16(22)23-2)7-10(8)20-14(21)13-11(17)12-15(24-13)19-6-5-18-12/h3-7H,17H2,1-2H3,(H,20,21). The van der Waals surface area contributed by atoms with Crippen LogP contribution in [0.5, 0.6) is 0 Å². The minimum Gasteiger partial charge on any atom is -0.465 e. The Hall–Kier alpha value is -3.00. The van der Waals surface area contributed by atoms with Crippen molar-refractivity contribution in [3.63, 3.8) is 0 Å². The summed E-state index contributed by atoms with van der Waals surface area (Å²) in [6.07, 6.45) is 3.07. The Kier molecular flexibility index (Phi) is 4.13. The van der Waals surface area contributed by atoms with E-state index in [9.17, 15) is 9.59 Å². The lowest BCUT2D eigenvalue weighted by Crippen LogP contribution is -2.13. The largest absolute Gasteiger partial charge is 0.465 e. The fraction of sp³-hybridized carbons (Fsp3) is 0.125. The van der Waals surface area contributed by atoms with E-state index in [0.29, 0.717) is 32.2 Å². The highest BCUT2D eigenvalue weighted by atomic mass is 32.1. The van der Waals surface area contributed by atoms with E-state index in [1.807, 2.05) is 6.92 Å². The summed E-state index contributed by atoms with van der Waals surface area (Å²) in [6, 6.07) is 4.94. The molecule has 1 amide bonds. The maximum Gasteiger partial charge on any atom is 0.337 e. The van der Waals surface area contributed by atoms with Crippen molar-refractivity contribution in [2.24, 2.45) is 0 Å². The molecule has 0 saturated heterocycles. The Labute approximate surface area is 141 Å². The minimum absolute atomic E-state index is 0.294. The lowest BCUT2D eigenvalue weighted by molar-refractivity contribution is 0.0600. The summed E-state index contributed by atoms with van der Waals surface area (Å²) in [5, 5.41) is 2.78. The molecule has 0 aliphatic rings. The van der Waals surface area contributed by atoms with Gasteiger partial charge in [-0.25, -0.2) is 14.8 Å². The second-order valence-electron chi connectivity index (χ2n) is 5.03. The van der Waals surface area contributed by atoms with Crippen molar-refractivity contribution in [1.82, 2.24) is 9.97 Å². The van der Waals surface area contributed by atoms with Crippen molar-refractivity contribution in [2.75, 3.05) is 18.2 Å². The van der Waals surface area contributed by atoms with Gasteiger partial charge in [0.15, 0.2) is 0 Å². The van der Waals surface area contributed by atoms with Gasteiger partial charge in [0.2, 0.25) is 0 Å². The van der Waals surface area contributed by atoms with Crippen LogP contribution in [0, 0.1) is 6.92 Å². The topological polar surface area (TPSA) is 107 Å². The van der Waals surface area contributed by atoms with E-state index >= 15 is 0 Å². The zero-order chi connectivity index (χ0) is 17.3. The number of thiophene rings is 1. The van der Waals surface area contributed by atoms with Crippen LogP contribution in [0.2, 0.25) is 0 Å². The molecule has 0 unspecified atom stereocenters. The van der Waals surface area contributed by atoms with Crippen LogP contribution in [0.1, 0.15) is 25.6 Å². The lowest BCUT2D eigenvalue weighted by Gasteiger charge is -2.09. The average molecular weight is 342 g/mol. The summed E-state index contributed by atoms with van der Waals surface area (Å²) in [6.45, 7) is 1.83. The molecule has 0 radical (unpaired) electrons. The average Bonchev–Trinajstić information content (AvgIpc) is 2.93. The second kappa shape index (κ2) is 6.25. The Morgan fingerprint density at radius 1 is 1.25 bits per heavy atom. The van der Waals surface area contributed by atoms with E-state index in [2.05, 4.69) is 15.3 Å². The minimum atomic E-state index is -0.472. The summed E-state index contributed by atoms with van der Waals surface area (Å²) in [5.74, 6) is -0.845. The summed E-state index contributed by atoms with van der Waals surface area (Å²) in [7, 11) is 1.30. The first kappa shape index (κ1) is 15.9. The first-order chi connectivity index (χ1) is 11.5. The third-order valence-electron chi connectivity index (χ3n) is 3.48. The third-order valence-corrected chi connectivity index (χ3v) is 4.58. The summed E-state index contributed by atoms with van der Waals surface area (Å²) < 4.78 is 4.69. The molecular weight excluding hydrogens is 328 g/mol. The Bertz CT molecular complexity index is 952. The monoisotopic (exact) mass is 342 g/mol. The number of carbonyl (C=O) groups is 2. The molecule has 24 heavy (non-hydrogen) atoms. The van der Waals surface area contributed by atoms with Gasteiger partial charge in [0, 0.05) is 18.1 Å². The molecule has 2 heterocycles. The highest BCUT2D eigenvalue weighted by Gasteiger charge is 2.19. The number of hydrogen-bond acceptors (Lipinski definition) is 7. The van der Waals surface area contributed by atoms with Crippen molar-refractivity contribution < 1.29 is 14.3 Å². The summed E-state index contributed by atoms with van der Waals surface area (Å²) >= 11 is 1.17. The molecule has 0 fully saturated rings. The number of amides is 1. The predicted octanol–water partition coefficient (Wildman–Crippen LogP) is 2.62. The normalized spacial score (nSPS) is 10.6. The molecule has 0 spiro atoms. The van der Waals surface area contributed by atoms with Crippen molar-refractivity contribution in [3.05, 3.63) is 46.6 Å². The van der Waals surface area contributed by atoms with E-state index in [0.717, 1.165) is 5.56 Å². The van der Waals surface area contributed by atoms with Gasteiger partial charge in [0.05, 0.1) is 18.4 Å². The molecule has 0 atom stereocenters. The molecule has 3 N–H and O–H groups in total. The second-order valence-corrected chi connectivity index (χ2v) is 6.03. The third kappa shape index (κ3) is 2.79. The van der Waals surface area contributed by atoms with Crippen molar-refractivity contribution in [2.45, 2.75) is 6.92 Å². The molecule has 122 valence electrons. The molecule has 7 nitrogen and oxygen atoms in total. The Balaban J connectivity index is 1.94. The highest BCUT2D eigenvalue weighted by molar-refractivity contribution is 7.21. The first-order valence-electron chi connectivity index (χ1n) is 7.00. The van der Waals surface area contributed by atoms with Crippen molar-refractivity contribution in [3.8, 4) is 0 Å². The van der Waals surface area contributed by atoms with E-state index in [4.69, 9.17) is 10.5 Å². The molecule has 0 saturated carbocycles. The van der Waals surface area contributed by atoms with Crippen LogP contribution in [0.3, 0.4) is 0 Å². The van der Waals surface area contributed by atoms with Gasteiger partial charge in [0.25, 0.3) is 5.91 Å². The molecule has 3 aromatic rings. The van der Waals surface area contributed by atoms with E-state index in [-0.39, 0.29) is 5.91 Å². The number of nitrogens with two attached hydrogens (primary N) is 1. The van der Waals surface area contributed by atoms with E-state index in [1.54, 1.807) is 24.4 Å². The predicted molar refractivity (Wildman–Crippen MR) is 92.3 cm³/mol. The zero-order valence-electron chi connectivity index (χ0n) is 13.0. The fourth-order valence-electron chi connectivity index (χ4n) is 2.19. The van der Waals surface area contributed by atoms with Crippen LogP contribution < -0.4 is 11.1 Å². The van der Waals surface area contributed by atoms with E-state index < -0.39 is 5.97 Å². The lowest BCUT2D eigenvalue weighted by atomic mass is 10.1. The van der Waals surface area contributed by atoms with Gasteiger partial charge in [-0.3, -0.25) is 4.79 Å². The SMILES string of the molecule is COC(=O)c1ccc(C)c(NC(=O)c2sc3nccnc3c2N)c1. The number of aromatic nitrogens is 2. The summed E-state index contributed by atoms with van der Waals surface area (Å²) in [5.41, 5.74) is 8.48. The van der Waals surface area contributed by atoms with Gasteiger partial charge in [-0.2, -0.15) is 0 Å². The molecular formula is C16H14N4O3S. The fourth-order valence-corrected chi connectivity index (χ4v) is 3.11.